The second kappa shape index (κ2) is 12.7. The molecule has 0 spiro atoms. The predicted octanol–water partition coefficient (Wildman–Crippen LogP) is 8.31. The van der Waals surface area contributed by atoms with Gasteiger partial charge in [0.2, 0.25) is 0 Å². The van der Waals surface area contributed by atoms with Gasteiger partial charge >= 0.3 is 0 Å². The van der Waals surface area contributed by atoms with Gasteiger partial charge in [0.15, 0.2) is 0 Å². The highest BCUT2D eigenvalue weighted by atomic mass is 19.2. The Morgan fingerprint density at radius 3 is 1.30 bits per heavy atom. The summed E-state index contributed by atoms with van der Waals surface area (Å²) in [5, 5.41) is -0.750. The lowest BCUT2D eigenvalue weighted by Gasteiger charge is -2.46. The van der Waals surface area contributed by atoms with Crippen LogP contribution in [-0.4, -0.2) is 30.6 Å². The van der Waals surface area contributed by atoms with Crippen LogP contribution >= 0.6 is 0 Å². The molecule has 40 heavy (non-hydrogen) atoms. The van der Waals surface area contributed by atoms with Gasteiger partial charge in [-0.1, -0.05) is 90.7 Å². The van der Waals surface area contributed by atoms with Crippen molar-refractivity contribution >= 4 is 22.7 Å². The van der Waals surface area contributed by atoms with Crippen LogP contribution in [0.4, 0.5) is 49.5 Å². The minimum atomic E-state index is -3.83. The first-order chi connectivity index (χ1) is 19.3. The van der Waals surface area contributed by atoms with E-state index >= 15 is 22.3 Å². The third-order valence-electron chi connectivity index (χ3n) is 6.64. The van der Waals surface area contributed by atoms with E-state index < -0.39 is 41.4 Å². The zero-order valence-corrected chi connectivity index (χ0v) is 21.5. The van der Waals surface area contributed by atoms with E-state index in [-0.39, 0.29) is 32.4 Å². The molecule has 0 heterocycles. The highest BCUT2D eigenvalue weighted by Crippen LogP contribution is 2.40. The van der Waals surface area contributed by atoms with Gasteiger partial charge in [-0.3, -0.25) is 0 Å². The van der Waals surface area contributed by atoms with E-state index in [1.807, 2.05) is 0 Å². The van der Waals surface area contributed by atoms with Crippen molar-refractivity contribution in [1.82, 2.24) is 0 Å². The molecule has 0 N–H and O–H groups in total. The molecule has 4 atom stereocenters. The Kier molecular flexibility index (Phi) is 9.08. The summed E-state index contributed by atoms with van der Waals surface area (Å²) in [6, 6.07) is 21.6. The van der Waals surface area contributed by atoms with Crippen LogP contribution in [0.3, 0.4) is 0 Å². The molecule has 0 aliphatic rings. The molecular formula is C30H28F6N4. The van der Waals surface area contributed by atoms with Crippen molar-refractivity contribution in [1.29, 1.82) is 0 Å². The number of halogens is 6. The highest BCUT2D eigenvalue weighted by Gasteiger charge is 2.58. The van der Waals surface area contributed by atoms with Crippen LogP contribution in [0.1, 0.15) is 6.92 Å². The van der Waals surface area contributed by atoms with Crippen molar-refractivity contribution in [3.63, 3.8) is 0 Å². The van der Waals surface area contributed by atoms with E-state index in [1.165, 1.54) is 97.9 Å². The summed E-state index contributed by atoms with van der Waals surface area (Å²) in [6.45, 7) is -0.914. The third-order valence-corrected chi connectivity index (χ3v) is 6.64. The van der Waals surface area contributed by atoms with Gasteiger partial charge in [-0.25, -0.2) is 24.1 Å². The van der Waals surface area contributed by atoms with Crippen molar-refractivity contribution in [2.24, 2.45) is 0 Å². The van der Waals surface area contributed by atoms with Crippen LogP contribution in [0.2, 0.25) is 0 Å². The quantitative estimate of drug-likeness (QED) is 0.0985. The van der Waals surface area contributed by atoms with E-state index in [9.17, 15) is 4.39 Å². The fourth-order valence-electron chi connectivity index (χ4n) is 4.58. The Balaban J connectivity index is 1.92. The molecule has 210 valence electrons. The molecule has 4 nitrogen and oxygen atoms in total. The van der Waals surface area contributed by atoms with Gasteiger partial charge in [0.25, 0.3) is 5.79 Å². The summed E-state index contributed by atoms with van der Waals surface area (Å²) in [6.07, 6.45) is 0. The predicted molar refractivity (Wildman–Crippen MR) is 147 cm³/mol. The van der Waals surface area contributed by atoms with Gasteiger partial charge in [-0.05, 0) is 55.5 Å². The first-order valence-corrected chi connectivity index (χ1v) is 12.6. The number of hydrogen-bond donors (Lipinski definition) is 0. The Labute approximate surface area is 229 Å². The molecule has 4 aromatic carbocycles. The molecule has 4 aromatic rings. The Hall–Kier alpha value is -4.34. The number of hydrogen-bond acceptors (Lipinski definition) is 4. The molecule has 0 saturated heterocycles. The molecule has 0 saturated carbocycles. The molecule has 4 unspecified atom stereocenters. The van der Waals surface area contributed by atoms with Gasteiger partial charge in [0.1, 0.15) is 18.8 Å². The lowest BCUT2D eigenvalue weighted by atomic mass is 9.90. The van der Waals surface area contributed by atoms with Crippen LogP contribution in [0.5, 0.6) is 0 Å². The monoisotopic (exact) mass is 558 g/mol. The van der Waals surface area contributed by atoms with E-state index in [2.05, 4.69) is 0 Å². The number of nitrogens with zero attached hydrogens (tertiary/aromatic N) is 4. The molecule has 0 amide bonds. The average Bonchev–Trinajstić information content (AvgIpc) is 3.03. The van der Waals surface area contributed by atoms with Gasteiger partial charge < -0.3 is 0 Å². The largest absolute Gasteiger partial charge is 0.263 e. The first-order valence-electron chi connectivity index (χ1n) is 12.6. The van der Waals surface area contributed by atoms with Crippen molar-refractivity contribution in [3.8, 4) is 0 Å². The minimum absolute atomic E-state index is 0.0461. The van der Waals surface area contributed by atoms with Crippen LogP contribution in [0, 0.1) is 0 Å². The molecule has 0 aromatic heterocycles. The van der Waals surface area contributed by atoms with Crippen LogP contribution in [-0.2, 0) is 0 Å². The molecule has 0 fully saturated rings. The van der Waals surface area contributed by atoms with Crippen molar-refractivity contribution in [2.75, 3.05) is 27.2 Å². The van der Waals surface area contributed by atoms with Gasteiger partial charge in [-0.2, -0.15) is 5.12 Å². The fraction of sp³-hybridized carbons (Fsp3) is 0.200. The van der Waals surface area contributed by atoms with E-state index in [1.54, 1.807) is 18.2 Å². The maximum absolute atomic E-state index is 16.9. The lowest BCUT2D eigenvalue weighted by molar-refractivity contribution is 0.00122. The van der Waals surface area contributed by atoms with E-state index in [4.69, 9.17) is 0 Å². The normalized spacial score (nSPS) is 14.9. The lowest BCUT2D eigenvalue weighted by Crippen LogP contribution is -2.68. The molecule has 0 aliphatic heterocycles. The number of alkyl halides is 2. The molecular weight excluding hydrogens is 530 g/mol. The van der Waals surface area contributed by atoms with E-state index in [0.717, 1.165) is 12.1 Å². The third kappa shape index (κ3) is 5.80. The van der Waals surface area contributed by atoms with Gasteiger partial charge in [0.05, 0.1) is 28.8 Å². The van der Waals surface area contributed by atoms with Crippen LogP contribution < -0.4 is 20.5 Å². The second-order valence-electron chi connectivity index (χ2n) is 9.18. The molecule has 0 aliphatic carbocycles. The van der Waals surface area contributed by atoms with Crippen LogP contribution in [0.25, 0.3) is 0 Å². The Bertz CT molecular complexity index is 1310. The Morgan fingerprint density at radius 2 is 0.900 bits per heavy atom. The molecule has 0 bridgehead atoms. The zero-order valence-electron chi connectivity index (χ0n) is 21.5. The zero-order chi connectivity index (χ0) is 28.7. The topological polar surface area (TPSA) is 13.0 Å². The van der Waals surface area contributed by atoms with Gasteiger partial charge in [0, 0.05) is 0 Å². The second-order valence-corrected chi connectivity index (χ2v) is 9.18. The van der Waals surface area contributed by atoms with Crippen molar-refractivity contribution < 1.29 is 26.7 Å². The highest BCUT2D eigenvalue weighted by molar-refractivity contribution is 5.54. The van der Waals surface area contributed by atoms with Crippen LogP contribution in [0.15, 0.2) is 121 Å². The summed E-state index contributed by atoms with van der Waals surface area (Å²) in [7, 11) is 0. The molecule has 10 heteroatoms. The number of rotatable bonds is 12. The summed E-state index contributed by atoms with van der Waals surface area (Å²) >= 11 is 0. The molecule has 0 radical (unpaired) electrons. The fourth-order valence-corrected chi connectivity index (χ4v) is 4.58. The molecule has 4 rings (SSSR count). The average molecular weight is 559 g/mol. The first kappa shape index (κ1) is 28.7. The maximum Gasteiger partial charge on any atom is 0.263 e. The van der Waals surface area contributed by atoms with Gasteiger partial charge in [-0.15, -0.1) is 0 Å². The summed E-state index contributed by atoms with van der Waals surface area (Å²) in [5.74, 6) is -3.83. The van der Waals surface area contributed by atoms with Crippen molar-refractivity contribution in [3.05, 3.63) is 121 Å². The Morgan fingerprint density at radius 1 is 0.550 bits per heavy atom. The maximum atomic E-state index is 16.9. The number of anilines is 4. The summed E-state index contributed by atoms with van der Waals surface area (Å²) < 4.78 is 96.3. The number of benzene rings is 4. The van der Waals surface area contributed by atoms with Crippen molar-refractivity contribution in [2.45, 2.75) is 30.8 Å². The minimum Gasteiger partial charge on any atom is -0.245 e. The van der Waals surface area contributed by atoms with E-state index in [0.29, 0.717) is 0 Å². The summed E-state index contributed by atoms with van der Waals surface area (Å²) in [5.41, 5.74) is -0.993. The standard InChI is InChI=1S/C30H28F6N4/c1-23(37(33)24-14-6-2-7-15-24)28(38(34)25-16-8-3-9-17-25)29(39(35)26-18-10-4-11-19-26)30(32,22-31)40(36)27-20-12-5-13-21-27/h2-21,23,28-29H,22H2,1H3. The SMILES string of the molecule is CC(C(C(N(F)c1ccccc1)C(F)(CF)N(F)c1ccccc1)N(F)c1ccccc1)N(F)c1ccccc1. The summed E-state index contributed by atoms with van der Waals surface area (Å²) in [4.78, 5) is 0. The number of para-hydroxylation sites is 4. The smallest absolute Gasteiger partial charge is 0.245 e.